The van der Waals surface area contributed by atoms with Gasteiger partial charge in [-0.15, -0.1) is 0 Å². The third-order valence-electron chi connectivity index (χ3n) is 5.32. The molecule has 3 saturated carbocycles. The van der Waals surface area contributed by atoms with Gasteiger partial charge >= 0.3 is 0 Å². The number of hydrogen-bond acceptors (Lipinski definition) is 0. The van der Waals surface area contributed by atoms with Crippen LogP contribution in [0.1, 0.15) is 40.0 Å². The zero-order valence-electron chi connectivity index (χ0n) is 8.51. The molecule has 0 radical (unpaired) electrons. The van der Waals surface area contributed by atoms with Gasteiger partial charge in [0.15, 0.2) is 0 Å². The summed E-state index contributed by atoms with van der Waals surface area (Å²) in [5, 5.41) is 0. The van der Waals surface area contributed by atoms with Crippen molar-refractivity contribution in [3.05, 3.63) is 0 Å². The van der Waals surface area contributed by atoms with Crippen molar-refractivity contribution in [1.29, 1.82) is 0 Å². The molecule has 12 heavy (non-hydrogen) atoms. The van der Waals surface area contributed by atoms with E-state index in [1.165, 1.54) is 6.42 Å². The van der Waals surface area contributed by atoms with Gasteiger partial charge in [0.25, 0.3) is 0 Å². The third-order valence-corrected chi connectivity index (χ3v) is 5.32. The molecule has 0 nitrogen and oxygen atoms in total. The van der Waals surface area contributed by atoms with Gasteiger partial charge < -0.3 is 0 Å². The minimum absolute atomic E-state index is 0.782. The highest BCUT2D eigenvalue weighted by atomic mass is 14.7. The minimum atomic E-state index is 0.782. The summed E-state index contributed by atoms with van der Waals surface area (Å²) in [5.74, 6) is 5.53. The van der Waals surface area contributed by atoms with Crippen LogP contribution in [0.3, 0.4) is 0 Å². The lowest BCUT2D eigenvalue weighted by Crippen LogP contribution is -2.15. The molecule has 3 rings (SSSR count). The van der Waals surface area contributed by atoms with Crippen molar-refractivity contribution < 1.29 is 0 Å². The predicted octanol–water partition coefficient (Wildman–Crippen LogP) is 3.32. The highest BCUT2D eigenvalue weighted by Crippen LogP contribution is 2.71. The molecule has 3 aliphatic carbocycles. The van der Waals surface area contributed by atoms with Gasteiger partial charge in [-0.25, -0.2) is 0 Å². The van der Waals surface area contributed by atoms with Gasteiger partial charge in [0.05, 0.1) is 0 Å². The Morgan fingerprint density at radius 3 is 2.08 bits per heavy atom. The molecule has 0 aromatic carbocycles. The second-order valence-electron chi connectivity index (χ2n) is 5.99. The fourth-order valence-electron chi connectivity index (χ4n) is 3.98. The van der Waals surface area contributed by atoms with Crippen LogP contribution in [0.15, 0.2) is 0 Å². The van der Waals surface area contributed by atoms with Crippen LogP contribution in [0.2, 0.25) is 0 Å². The first-order valence-electron chi connectivity index (χ1n) is 5.63. The van der Waals surface area contributed by atoms with Crippen molar-refractivity contribution in [2.75, 3.05) is 0 Å². The fraction of sp³-hybridized carbons (Fsp3) is 1.00. The van der Waals surface area contributed by atoms with E-state index in [0.29, 0.717) is 0 Å². The van der Waals surface area contributed by atoms with Crippen molar-refractivity contribution in [3.8, 4) is 0 Å². The Morgan fingerprint density at radius 1 is 1.08 bits per heavy atom. The van der Waals surface area contributed by atoms with Crippen LogP contribution in [-0.4, -0.2) is 0 Å². The van der Waals surface area contributed by atoms with Crippen LogP contribution in [0.4, 0.5) is 0 Å². The Labute approximate surface area is 75.7 Å². The predicted molar refractivity (Wildman–Crippen MR) is 50.8 cm³/mol. The number of fused-ring (bicyclic) bond motifs is 1. The molecule has 0 aliphatic heterocycles. The average molecular weight is 164 g/mol. The maximum absolute atomic E-state index is 2.54. The topological polar surface area (TPSA) is 0 Å². The van der Waals surface area contributed by atoms with E-state index in [9.17, 15) is 0 Å². The summed E-state index contributed by atoms with van der Waals surface area (Å²) in [6, 6.07) is 0. The van der Waals surface area contributed by atoms with Gasteiger partial charge in [-0.1, -0.05) is 20.8 Å². The lowest BCUT2D eigenvalue weighted by Gasteiger charge is -2.22. The van der Waals surface area contributed by atoms with Crippen LogP contribution in [0, 0.1) is 35.0 Å². The summed E-state index contributed by atoms with van der Waals surface area (Å²) in [6.07, 6.45) is 4.65. The first-order chi connectivity index (χ1) is 5.63. The fourth-order valence-corrected chi connectivity index (χ4v) is 3.98. The van der Waals surface area contributed by atoms with Gasteiger partial charge in [-0.05, 0) is 54.3 Å². The Bertz CT molecular complexity index is 220. The molecule has 0 spiro atoms. The summed E-state index contributed by atoms with van der Waals surface area (Å²) in [5.41, 5.74) is 0.782. The van der Waals surface area contributed by atoms with Crippen LogP contribution < -0.4 is 0 Å². The van der Waals surface area contributed by atoms with Gasteiger partial charge in [-0.2, -0.15) is 0 Å². The van der Waals surface area contributed by atoms with E-state index >= 15 is 0 Å². The van der Waals surface area contributed by atoms with Crippen LogP contribution in [-0.2, 0) is 0 Å². The Balaban J connectivity index is 1.79. The maximum Gasteiger partial charge on any atom is -0.0266 e. The first kappa shape index (κ1) is 7.41. The van der Waals surface area contributed by atoms with E-state index in [1.807, 2.05) is 0 Å². The lowest BCUT2D eigenvalue weighted by molar-refractivity contribution is 0.271. The van der Waals surface area contributed by atoms with Crippen molar-refractivity contribution in [1.82, 2.24) is 0 Å². The van der Waals surface area contributed by atoms with Gasteiger partial charge in [0.2, 0.25) is 0 Å². The van der Waals surface area contributed by atoms with Crippen molar-refractivity contribution in [2.24, 2.45) is 35.0 Å². The van der Waals surface area contributed by atoms with E-state index in [0.717, 1.165) is 35.0 Å². The van der Waals surface area contributed by atoms with E-state index in [4.69, 9.17) is 0 Å². The molecule has 0 aromatic rings. The van der Waals surface area contributed by atoms with E-state index in [-0.39, 0.29) is 0 Å². The monoisotopic (exact) mass is 164 g/mol. The smallest absolute Gasteiger partial charge is 0.0266 e. The summed E-state index contributed by atoms with van der Waals surface area (Å²) >= 11 is 0. The highest BCUT2D eigenvalue weighted by molar-refractivity contribution is 5.12. The Hall–Kier alpha value is 0. The van der Waals surface area contributed by atoms with Gasteiger partial charge in [0, 0.05) is 0 Å². The van der Waals surface area contributed by atoms with Crippen molar-refractivity contribution in [3.63, 3.8) is 0 Å². The average Bonchev–Trinajstić information content (AvgIpc) is 2.85. The second-order valence-corrected chi connectivity index (χ2v) is 5.99. The normalized spacial score (nSPS) is 67.8. The molecular formula is C12H20. The minimum Gasteiger partial charge on any atom is -0.0622 e. The van der Waals surface area contributed by atoms with E-state index in [1.54, 1.807) is 12.8 Å². The Morgan fingerprint density at radius 2 is 1.75 bits per heavy atom. The molecule has 0 heterocycles. The van der Waals surface area contributed by atoms with Gasteiger partial charge in [-0.3, -0.25) is 0 Å². The SMILES string of the molecule is CC1CC(C2(C)CC2C)C2CC12. The molecule has 3 aliphatic rings. The molecule has 0 bridgehead atoms. The first-order valence-corrected chi connectivity index (χ1v) is 5.63. The van der Waals surface area contributed by atoms with E-state index in [2.05, 4.69) is 20.8 Å². The molecule has 6 unspecified atom stereocenters. The molecule has 0 heteroatoms. The van der Waals surface area contributed by atoms with E-state index < -0.39 is 0 Å². The van der Waals surface area contributed by atoms with Crippen LogP contribution in [0.5, 0.6) is 0 Å². The van der Waals surface area contributed by atoms with Gasteiger partial charge in [0.1, 0.15) is 0 Å². The maximum atomic E-state index is 2.54. The third kappa shape index (κ3) is 0.744. The van der Waals surface area contributed by atoms with Crippen LogP contribution >= 0.6 is 0 Å². The zero-order chi connectivity index (χ0) is 8.51. The zero-order valence-corrected chi connectivity index (χ0v) is 8.51. The number of hydrogen-bond donors (Lipinski definition) is 0. The Kier molecular flexibility index (Phi) is 1.18. The van der Waals surface area contributed by atoms with Crippen LogP contribution in [0.25, 0.3) is 0 Å². The quantitative estimate of drug-likeness (QED) is 0.557. The molecule has 68 valence electrons. The standard InChI is InChI=1S/C12H20/c1-7-4-11(10-5-9(7)10)12(3)6-8(12)2/h7-11H,4-6H2,1-3H3. The summed E-state index contributed by atoms with van der Waals surface area (Å²) in [4.78, 5) is 0. The highest BCUT2D eigenvalue weighted by Gasteiger charge is 2.63. The van der Waals surface area contributed by atoms with Crippen molar-refractivity contribution >= 4 is 0 Å². The number of rotatable bonds is 1. The summed E-state index contributed by atoms with van der Waals surface area (Å²) in [7, 11) is 0. The second kappa shape index (κ2) is 1.91. The summed E-state index contributed by atoms with van der Waals surface area (Å²) < 4.78 is 0. The molecule has 0 amide bonds. The molecule has 0 N–H and O–H groups in total. The molecular weight excluding hydrogens is 144 g/mol. The molecule has 6 atom stereocenters. The largest absolute Gasteiger partial charge is 0.0622 e. The lowest BCUT2D eigenvalue weighted by atomic mass is 9.83. The van der Waals surface area contributed by atoms with Crippen molar-refractivity contribution in [2.45, 2.75) is 40.0 Å². The molecule has 3 fully saturated rings. The summed E-state index contributed by atoms with van der Waals surface area (Å²) in [6.45, 7) is 7.46. The molecule has 0 aromatic heterocycles. The molecule has 0 saturated heterocycles.